The van der Waals surface area contributed by atoms with Gasteiger partial charge in [0, 0.05) is 60.5 Å². The second kappa shape index (κ2) is 10.5. The number of Topliss-reactive ketones (excluding diaryl/α,β-unsaturated/α-hetero) is 2. The summed E-state index contributed by atoms with van der Waals surface area (Å²) in [6, 6.07) is 24.3. The van der Waals surface area contributed by atoms with Crippen LogP contribution in [-0.4, -0.2) is 63.9 Å². The number of hydrogen-bond acceptors (Lipinski definition) is 8. The average molecular weight is 629 g/mol. The van der Waals surface area contributed by atoms with Crippen molar-refractivity contribution in [3.63, 3.8) is 0 Å². The fourth-order valence-electron chi connectivity index (χ4n) is 9.44. The lowest BCUT2D eigenvalue weighted by Gasteiger charge is -2.52. The first kappa shape index (κ1) is 29.3. The molecule has 1 aliphatic carbocycles. The van der Waals surface area contributed by atoms with Crippen LogP contribution in [0, 0.1) is 25.6 Å². The Morgan fingerprint density at radius 1 is 0.830 bits per heavy atom. The first-order valence-corrected chi connectivity index (χ1v) is 15.9. The molecule has 3 heterocycles. The highest BCUT2D eigenvalue weighted by Gasteiger charge is 2.77. The smallest absolute Gasteiger partial charge is 0.269 e. The highest BCUT2D eigenvalue weighted by Crippen LogP contribution is 2.69. The minimum atomic E-state index is -1.30. The highest BCUT2D eigenvalue weighted by molar-refractivity contribution is 6.24. The maximum absolute atomic E-state index is 15.7. The summed E-state index contributed by atoms with van der Waals surface area (Å²) in [6.07, 6.45) is 4.41. The van der Waals surface area contributed by atoms with Crippen molar-refractivity contribution in [1.82, 2.24) is 9.80 Å². The fraction of sp³-hybridized carbons (Fsp3) is 0.297. The van der Waals surface area contributed by atoms with E-state index in [4.69, 9.17) is 0 Å². The van der Waals surface area contributed by atoms with Crippen molar-refractivity contribution < 1.29 is 19.4 Å². The first-order chi connectivity index (χ1) is 22.7. The van der Waals surface area contributed by atoms with Crippen molar-refractivity contribution in [2.45, 2.75) is 36.8 Å². The van der Waals surface area contributed by atoms with Crippen LogP contribution in [0.1, 0.15) is 52.2 Å². The largest absolute Gasteiger partial charge is 0.301 e. The molecule has 47 heavy (non-hydrogen) atoms. The Bertz CT molecular complexity index is 2040. The molecule has 3 saturated heterocycles. The van der Waals surface area contributed by atoms with E-state index in [9.17, 15) is 20.2 Å². The van der Waals surface area contributed by atoms with Crippen LogP contribution in [0.25, 0.3) is 16.8 Å². The summed E-state index contributed by atoms with van der Waals surface area (Å²) in [7, 11) is 1.96. The van der Waals surface area contributed by atoms with Crippen molar-refractivity contribution >= 4 is 39.8 Å². The number of carbonyl (C=O) groups excluding carboxylic acids is 2. The number of piperidine rings is 2. The normalized spacial score (nSPS) is 28.1. The molecule has 0 bridgehead atoms. The van der Waals surface area contributed by atoms with Crippen molar-refractivity contribution in [3.8, 4) is 0 Å². The third-order valence-electron chi connectivity index (χ3n) is 11.0. The quantitative estimate of drug-likeness (QED) is 0.147. The first-order valence-electron chi connectivity index (χ1n) is 15.9. The summed E-state index contributed by atoms with van der Waals surface area (Å²) in [4.78, 5) is 57.6. The molecule has 0 saturated carbocycles. The van der Waals surface area contributed by atoms with Gasteiger partial charge in [0.15, 0.2) is 11.6 Å². The van der Waals surface area contributed by atoms with Crippen molar-refractivity contribution in [2.24, 2.45) is 5.41 Å². The van der Waals surface area contributed by atoms with Crippen LogP contribution in [0.15, 0.2) is 90.5 Å². The third-order valence-corrected chi connectivity index (χ3v) is 11.0. The number of non-ortho nitro benzene ring substituents is 2. The van der Waals surface area contributed by atoms with Gasteiger partial charge in [-0.3, -0.25) is 34.7 Å². The topological polar surface area (TPSA) is 127 Å². The Kier molecular flexibility index (Phi) is 6.54. The number of likely N-dealkylation sites (tertiary alicyclic amines) is 1. The molecule has 4 atom stereocenters. The molecule has 10 heteroatoms. The molecule has 4 aromatic rings. The maximum Gasteiger partial charge on any atom is 0.269 e. The number of ketones is 2. The van der Waals surface area contributed by atoms with Gasteiger partial charge >= 0.3 is 0 Å². The van der Waals surface area contributed by atoms with Crippen LogP contribution < -0.4 is 0 Å². The zero-order chi connectivity index (χ0) is 32.7. The highest BCUT2D eigenvalue weighted by atomic mass is 16.6. The van der Waals surface area contributed by atoms with E-state index in [1.165, 1.54) is 24.3 Å². The molecule has 2 spiro atoms. The fourth-order valence-corrected chi connectivity index (χ4v) is 9.44. The van der Waals surface area contributed by atoms with E-state index in [2.05, 4.69) is 9.80 Å². The van der Waals surface area contributed by atoms with Gasteiger partial charge in [-0.1, -0.05) is 55.0 Å². The van der Waals surface area contributed by atoms with Crippen LogP contribution in [0.2, 0.25) is 0 Å². The number of nitro groups is 2. The summed E-state index contributed by atoms with van der Waals surface area (Å²) in [5, 5.41) is 24.8. The lowest BCUT2D eigenvalue weighted by atomic mass is 9.54. The van der Waals surface area contributed by atoms with Crippen LogP contribution in [0.4, 0.5) is 11.4 Å². The molecule has 4 aliphatic rings. The van der Waals surface area contributed by atoms with E-state index in [0.29, 0.717) is 36.3 Å². The predicted octanol–water partition coefficient (Wildman–Crippen LogP) is 6.28. The Morgan fingerprint density at radius 2 is 1.49 bits per heavy atom. The van der Waals surface area contributed by atoms with E-state index >= 15 is 9.59 Å². The van der Waals surface area contributed by atoms with E-state index in [0.717, 1.165) is 41.2 Å². The Labute approximate surface area is 270 Å². The van der Waals surface area contributed by atoms with E-state index in [1.807, 2.05) is 43.4 Å². The Morgan fingerprint density at radius 3 is 2.17 bits per heavy atom. The molecular weight excluding hydrogens is 596 g/mol. The number of benzene rings is 4. The van der Waals surface area contributed by atoms with Crippen LogP contribution >= 0.6 is 0 Å². The van der Waals surface area contributed by atoms with Gasteiger partial charge < -0.3 is 4.90 Å². The number of carbonyl (C=O) groups is 2. The number of fused-ring (bicyclic) bond motifs is 4. The lowest BCUT2D eigenvalue weighted by molar-refractivity contribution is -0.385. The van der Waals surface area contributed by atoms with Crippen LogP contribution in [0.3, 0.4) is 0 Å². The molecule has 0 amide bonds. The van der Waals surface area contributed by atoms with Gasteiger partial charge in [-0.25, -0.2) is 0 Å². The van der Waals surface area contributed by atoms with Gasteiger partial charge in [0.05, 0.1) is 15.3 Å². The summed E-state index contributed by atoms with van der Waals surface area (Å²) >= 11 is 0. The van der Waals surface area contributed by atoms with Gasteiger partial charge in [-0.05, 0) is 72.1 Å². The Hall–Kier alpha value is -5.06. The van der Waals surface area contributed by atoms with Gasteiger partial charge in [0.25, 0.3) is 11.4 Å². The number of rotatable bonds is 4. The molecular formula is C37H32N4O6. The molecule has 1 unspecified atom stereocenters. The number of hydrogen-bond donors (Lipinski definition) is 0. The summed E-state index contributed by atoms with van der Waals surface area (Å²) < 4.78 is 0. The van der Waals surface area contributed by atoms with E-state index in [-0.39, 0.29) is 29.0 Å². The summed E-state index contributed by atoms with van der Waals surface area (Å²) in [5.41, 5.74) is 0.811. The minimum absolute atomic E-state index is 0.0315. The monoisotopic (exact) mass is 628 g/mol. The van der Waals surface area contributed by atoms with Crippen molar-refractivity contribution in [2.75, 3.05) is 26.7 Å². The minimum Gasteiger partial charge on any atom is -0.301 e. The van der Waals surface area contributed by atoms with Crippen LogP contribution in [-0.2, 0) is 10.3 Å². The van der Waals surface area contributed by atoms with E-state index in [1.54, 1.807) is 30.3 Å². The lowest BCUT2D eigenvalue weighted by Crippen LogP contribution is -2.65. The standard InChI is InChI=1S/C37H32N4O6/c1-38-21-26(20-23-11-15-27(16-12-23)40(44)45)34(42)36(22-38)33(25-13-17-28(18-14-25)41(46)47)31-10-2-3-19-39(31)37(36)30-9-5-7-24-6-4-8-29(32(24)30)35(37)43/h4-9,11-18,20,31,33H,2-3,10,19,21-22H2,1H3/b26-20+/t31-,33-,36?,37-/m0/s1. The molecule has 0 radical (unpaired) electrons. The van der Waals surface area contributed by atoms with Gasteiger partial charge in [0.1, 0.15) is 5.54 Å². The predicted molar refractivity (Wildman–Crippen MR) is 176 cm³/mol. The third kappa shape index (κ3) is 3.91. The number of nitro benzene ring substituents is 2. The van der Waals surface area contributed by atoms with Gasteiger partial charge in [-0.15, -0.1) is 0 Å². The second-order valence-corrected chi connectivity index (χ2v) is 13.3. The number of nitrogens with zero attached hydrogens (tertiary/aromatic N) is 4. The summed E-state index contributed by atoms with van der Waals surface area (Å²) in [6.45, 7) is 1.30. The molecule has 0 aromatic heterocycles. The molecule has 8 rings (SSSR count). The summed E-state index contributed by atoms with van der Waals surface area (Å²) in [5.74, 6) is -0.628. The Balaban J connectivity index is 1.42. The molecule has 0 N–H and O–H groups in total. The molecule has 4 aromatic carbocycles. The van der Waals surface area contributed by atoms with Crippen LogP contribution in [0.5, 0.6) is 0 Å². The zero-order valence-corrected chi connectivity index (χ0v) is 25.8. The zero-order valence-electron chi connectivity index (χ0n) is 25.8. The molecule has 10 nitrogen and oxygen atoms in total. The number of likely N-dealkylation sites (N-methyl/N-ethyl adjacent to an activating group) is 1. The average Bonchev–Trinajstić information content (AvgIpc) is 3.48. The van der Waals surface area contributed by atoms with E-state index < -0.39 is 26.7 Å². The molecule has 3 fully saturated rings. The van der Waals surface area contributed by atoms with Crippen molar-refractivity contribution in [1.29, 1.82) is 0 Å². The van der Waals surface area contributed by atoms with Gasteiger partial charge in [-0.2, -0.15) is 0 Å². The molecule has 236 valence electrons. The SMILES string of the molecule is CN1C/C(=C\c2ccc([N+](=O)[O-])cc2)C(=O)C2(C1)[C@@H](c1ccc([N+](=O)[O-])cc1)[C@@H]1CCCCN1[C@@]21C(=O)c2cccc3cccc1c23. The van der Waals surface area contributed by atoms with Gasteiger partial charge in [0.2, 0.25) is 0 Å². The second-order valence-electron chi connectivity index (χ2n) is 13.3. The van der Waals surface area contributed by atoms with Crippen molar-refractivity contribution in [3.05, 3.63) is 133 Å². The maximum atomic E-state index is 15.7. The molecule has 3 aliphatic heterocycles.